The lowest BCUT2D eigenvalue weighted by atomic mass is 10.2. The zero-order valence-electron chi connectivity index (χ0n) is 8.13. The lowest BCUT2D eigenvalue weighted by Crippen LogP contribution is -1.95. The van der Waals surface area contributed by atoms with E-state index < -0.39 is 0 Å². The zero-order valence-corrected chi connectivity index (χ0v) is 9.71. The highest BCUT2D eigenvalue weighted by Crippen LogP contribution is 2.21. The molecule has 0 aliphatic rings. The molecular formula is C12H12BrN. The van der Waals surface area contributed by atoms with Crippen LogP contribution in [0.5, 0.6) is 0 Å². The Morgan fingerprint density at radius 3 is 2.79 bits per heavy atom. The maximum Gasteiger partial charge on any atom is 0.0479 e. The summed E-state index contributed by atoms with van der Waals surface area (Å²) in [6.45, 7) is 3.87. The Balaban J connectivity index is 2.57. The number of allylic oxidation sites excluding steroid dienone is 1. The number of halogens is 1. The van der Waals surface area contributed by atoms with E-state index in [-0.39, 0.29) is 0 Å². The van der Waals surface area contributed by atoms with E-state index in [2.05, 4.69) is 64.5 Å². The standard InChI is InChI=1S/C12H12BrN/c1-9(13)7-11-8-10-5-3-4-6-12(10)14(11)2/h3-6,8H,1,7H2,2H3. The summed E-state index contributed by atoms with van der Waals surface area (Å²) in [5.41, 5.74) is 2.56. The van der Waals surface area contributed by atoms with Gasteiger partial charge in [-0.2, -0.15) is 0 Å². The van der Waals surface area contributed by atoms with Gasteiger partial charge in [0, 0.05) is 24.7 Å². The Labute approximate surface area is 92.2 Å². The van der Waals surface area contributed by atoms with Crippen LogP contribution in [0.25, 0.3) is 10.9 Å². The molecule has 0 aliphatic heterocycles. The van der Waals surface area contributed by atoms with Gasteiger partial charge in [-0.1, -0.05) is 40.7 Å². The molecule has 0 atom stereocenters. The van der Waals surface area contributed by atoms with Gasteiger partial charge in [-0.05, 0) is 22.0 Å². The van der Waals surface area contributed by atoms with E-state index in [9.17, 15) is 0 Å². The molecule has 0 saturated heterocycles. The van der Waals surface area contributed by atoms with Gasteiger partial charge in [0.2, 0.25) is 0 Å². The van der Waals surface area contributed by atoms with Crippen LogP contribution in [-0.2, 0) is 13.5 Å². The van der Waals surface area contributed by atoms with Gasteiger partial charge in [0.1, 0.15) is 0 Å². The van der Waals surface area contributed by atoms with Crippen LogP contribution >= 0.6 is 15.9 Å². The van der Waals surface area contributed by atoms with Crippen LogP contribution in [0.4, 0.5) is 0 Å². The lowest BCUT2D eigenvalue weighted by Gasteiger charge is -2.02. The van der Waals surface area contributed by atoms with E-state index in [0.29, 0.717) is 0 Å². The molecule has 0 saturated carbocycles. The molecule has 0 spiro atoms. The molecule has 0 fully saturated rings. The molecule has 1 nitrogen and oxygen atoms in total. The Kier molecular flexibility index (Phi) is 2.46. The summed E-state index contributed by atoms with van der Waals surface area (Å²) < 4.78 is 3.23. The van der Waals surface area contributed by atoms with E-state index in [0.717, 1.165) is 10.9 Å². The number of rotatable bonds is 2. The SMILES string of the molecule is C=C(Br)Cc1cc2ccccc2n1C. The number of para-hydroxylation sites is 1. The fourth-order valence-corrected chi connectivity index (χ4v) is 2.00. The third kappa shape index (κ3) is 1.62. The van der Waals surface area contributed by atoms with Crippen molar-refractivity contribution >= 4 is 26.8 Å². The molecule has 0 amide bonds. The maximum atomic E-state index is 3.87. The van der Waals surface area contributed by atoms with Crippen molar-refractivity contribution < 1.29 is 0 Å². The summed E-state index contributed by atoms with van der Waals surface area (Å²) in [4.78, 5) is 0. The Hall–Kier alpha value is -1.02. The minimum Gasteiger partial charge on any atom is -0.347 e. The Bertz CT molecular complexity index is 482. The monoisotopic (exact) mass is 249 g/mol. The molecule has 1 aromatic carbocycles. The van der Waals surface area contributed by atoms with Gasteiger partial charge in [0.05, 0.1) is 0 Å². The van der Waals surface area contributed by atoms with Crippen molar-refractivity contribution in [1.82, 2.24) is 4.57 Å². The maximum absolute atomic E-state index is 3.87. The van der Waals surface area contributed by atoms with Gasteiger partial charge in [-0.15, -0.1) is 0 Å². The van der Waals surface area contributed by atoms with E-state index in [1.54, 1.807) is 0 Å². The van der Waals surface area contributed by atoms with Crippen molar-refractivity contribution in [3.05, 3.63) is 47.1 Å². The van der Waals surface area contributed by atoms with Gasteiger partial charge < -0.3 is 4.57 Å². The summed E-state index contributed by atoms with van der Waals surface area (Å²) in [5.74, 6) is 0. The topological polar surface area (TPSA) is 4.93 Å². The molecule has 2 aromatic rings. The number of hydrogen-bond acceptors (Lipinski definition) is 0. The minimum atomic E-state index is 0.880. The average Bonchev–Trinajstić information content (AvgIpc) is 2.44. The van der Waals surface area contributed by atoms with Gasteiger partial charge in [0.15, 0.2) is 0 Å². The molecule has 0 bridgehead atoms. The number of nitrogens with zero attached hydrogens (tertiary/aromatic N) is 1. The van der Waals surface area contributed by atoms with Crippen LogP contribution < -0.4 is 0 Å². The molecule has 0 N–H and O–H groups in total. The van der Waals surface area contributed by atoms with E-state index in [1.165, 1.54) is 16.6 Å². The number of aryl methyl sites for hydroxylation is 1. The predicted molar refractivity (Wildman–Crippen MR) is 64.7 cm³/mol. The first-order chi connectivity index (χ1) is 6.68. The van der Waals surface area contributed by atoms with Crippen molar-refractivity contribution in [2.45, 2.75) is 6.42 Å². The quantitative estimate of drug-likeness (QED) is 0.767. The first kappa shape index (κ1) is 9.53. The van der Waals surface area contributed by atoms with Crippen molar-refractivity contribution in [2.24, 2.45) is 7.05 Å². The van der Waals surface area contributed by atoms with Gasteiger partial charge >= 0.3 is 0 Å². The summed E-state index contributed by atoms with van der Waals surface area (Å²) in [6, 6.07) is 10.6. The highest BCUT2D eigenvalue weighted by molar-refractivity contribution is 9.11. The lowest BCUT2D eigenvalue weighted by molar-refractivity contribution is 0.888. The number of fused-ring (bicyclic) bond motifs is 1. The third-order valence-electron chi connectivity index (χ3n) is 2.42. The van der Waals surface area contributed by atoms with Gasteiger partial charge in [-0.3, -0.25) is 0 Å². The number of aromatic nitrogens is 1. The Morgan fingerprint density at radius 1 is 1.43 bits per heavy atom. The second-order valence-corrected chi connectivity index (χ2v) is 4.57. The smallest absolute Gasteiger partial charge is 0.0479 e. The summed E-state index contributed by atoms with van der Waals surface area (Å²) >= 11 is 3.39. The van der Waals surface area contributed by atoms with Crippen molar-refractivity contribution in [3.8, 4) is 0 Å². The van der Waals surface area contributed by atoms with Crippen LogP contribution in [0.1, 0.15) is 5.69 Å². The molecule has 0 unspecified atom stereocenters. The second kappa shape index (κ2) is 3.62. The molecule has 72 valence electrons. The van der Waals surface area contributed by atoms with Crippen LogP contribution in [0.15, 0.2) is 41.4 Å². The molecule has 2 heteroatoms. The van der Waals surface area contributed by atoms with Gasteiger partial charge in [-0.25, -0.2) is 0 Å². The van der Waals surface area contributed by atoms with E-state index >= 15 is 0 Å². The zero-order chi connectivity index (χ0) is 10.1. The second-order valence-electron chi connectivity index (χ2n) is 3.45. The third-order valence-corrected chi connectivity index (χ3v) is 2.70. The van der Waals surface area contributed by atoms with E-state index in [4.69, 9.17) is 0 Å². The normalized spacial score (nSPS) is 10.7. The fraction of sp³-hybridized carbons (Fsp3) is 0.167. The summed E-state index contributed by atoms with van der Waals surface area (Å²) in [6.07, 6.45) is 0.880. The highest BCUT2D eigenvalue weighted by atomic mass is 79.9. The van der Waals surface area contributed by atoms with Crippen molar-refractivity contribution in [1.29, 1.82) is 0 Å². The molecule has 0 aliphatic carbocycles. The predicted octanol–water partition coefficient (Wildman–Crippen LogP) is 3.63. The van der Waals surface area contributed by atoms with Gasteiger partial charge in [0.25, 0.3) is 0 Å². The first-order valence-corrected chi connectivity index (χ1v) is 5.34. The van der Waals surface area contributed by atoms with Crippen molar-refractivity contribution in [3.63, 3.8) is 0 Å². The van der Waals surface area contributed by atoms with Crippen LogP contribution in [0, 0.1) is 0 Å². The number of hydrogen-bond donors (Lipinski definition) is 0. The largest absolute Gasteiger partial charge is 0.347 e. The van der Waals surface area contributed by atoms with Crippen LogP contribution in [0.2, 0.25) is 0 Å². The molecule has 0 radical (unpaired) electrons. The van der Waals surface area contributed by atoms with Crippen LogP contribution in [0.3, 0.4) is 0 Å². The first-order valence-electron chi connectivity index (χ1n) is 4.55. The summed E-state index contributed by atoms with van der Waals surface area (Å²) in [5, 5.41) is 1.29. The molecule has 1 heterocycles. The summed E-state index contributed by atoms with van der Waals surface area (Å²) in [7, 11) is 2.09. The van der Waals surface area contributed by atoms with Crippen LogP contribution in [-0.4, -0.2) is 4.57 Å². The van der Waals surface area contributed by atoms with E-state index in [1.807, 2.05) is 0 Å². The molecular weight excluding hydrogens is 238 g/mol. The fourth-order valence-electron chi connectivity index (χ4n) is 1.71. The highest BCUT2D eigenvalue weighted by Gasteiger charge is 2.04. The molecule has 2 rings (SSSR count). The Morgan fingerprint density at radius 2 is 2.14 bits per heavy atom. The molecule has 1 aromatic heterocycles. The average molecular weight is 250 g/mol. The minimum absolute atomic E-state index is 0.880. The van der Waals surface area contributed by atoms with Crippen molar-refractivity contribution in [2.75, 3.05) is 0 Å². The number of benzene rings is 1. The molecule has 14 heavy (non-hydrogen) atoms.